The van der Waals surface area contributed by atoms with E-state index in [0.29, 0.717) is 19.2 Å². The molecule has 24 heavy (non-hydrogen) atoms. The summed E-state index contributed by atoms with van der Waals surface area (Å²) in [5.74, 6) is 0.484. The van der Waals surface area contributed by atoms with Crippen molar-refractivity contribution >= 4 is 23.2 Å². The van der Waals surface area contributed by atoms with Crippen LogP contribution in [0.2, 0.25) is 0 Å². The Morgan fingerprint density at radius 1 is 1.25 bits per heavy atom. The van der Waals surface area contributed by atoms with Crippen molar-refractivity contribution < 1.29 is 14.3 Å². The normalized spacial score (nSPS) is 28.5. The molecule has 0 bridgehead atoms. The second-order valence-electron chi connectivity index (χ2n) is 5.90. The number of ether oxygens (including phenoxy) is 2. The van der Waals surface area contributed by atoms with Gasteiger partial charge < -0.3 is 20.1 Å². The summed E-state index contributed by atoms with van der Waals surface area (Å²) in [4.78, 5) is 21.2. The Balaban J connectivity index is 1.45. The summed E-state index contributed by atoms with van der Waals surface area (Å²) in [6.45, 7) is 2.46. The van der Waals surface area contributed by atoms with Gasteiger partial charge in [-0.25, -0.2) is 9.97 Å². The SMILES string of the molecule is CC(=O)N[C@@H]1CO[C@@H]2[C@@H]1OC[C@@H]2Nc1nccc(-c2cccs2)n1. The molecule has 4 atom stereocenters. The number of rotatable bonds is 4. The molecule has 2 aromatic heterocycles. The zero-order valence-corrected chi connectivity index (χ0v) is 14.0. The molecule has 8 heteroatoms. The minimum absolute atomic E-state index is 0.0349. The van der Waals surface area contributed by atoms with E-state index in [0.717, 1.165) is 10.6 Å². The van der Waals surface area contributed by atoms with Crippen LogP contribution < -0.4 is 10.6 Å². The molecule has 0 aromatic carbocycles. The average Bonchev–Trinajstić information content (AvgIpc) is 3.28. The van der Waals surface area contributed by atoms with Crippen molar-refractivity contribution in [3.05, 3.63) is 29.8 Å². The predicted octanol–water partition coefficient (Wildman–Crippen LogP) is 1.29. The average molecular weight is 346 g/mol. The molecule has 7 nitrogen and oxygen atoms in total. The van der Waals surface area contributed by atoms with Crippen LogP contribution >= 0.6 is 11.3 Å². The van der Waals surface area contributed by atoms with Crippen molar-refractivity contribution in [2.24, 2.45) is 0 Å². The lowest BCUT2D eigenvalue weighted by atomic mass is 10.1. The molecule has 4 rings (SSSR count). The highest BCUT2D eigenvalue weighted by atomic mass is 32.1. The van der Waals surface area contributed by atoms with Crippen LogP contribution in [0.5, 0.6) is 0 Å². The maximum Gasteiger partial charge on any atom is 0.223 e. The van der Waals surface area contributed by atoms with E-state index in [1.165, 1.54) is 6.92 Å². The zero-order chi connectivity index (χ0) is 16.5. The second-order valence-corrected chi connectivity index (χ2v) is 6.84. The molecule has 2 saturated heterocycles. The smallest absolute Gasteiger partial charge is 0.223 e. The highest BCUT2D eigenvalue weighted by Gasteiger charge is 2.48. The predicted molar refractivity (Wildman–Crippen MR) is 89.8 cm³/mol. The Bertz CT molecular complexity index is 724. The first-order chi connectivity index (χ1) is 11.7. The Morgan fingerprint density at radius 3 is 2.79 bits per heavy atom. The van der Waals surface area contributed by atoms with Gasteiger partial charge in [0.1, 0.15) is 12.2 Å². The van der Waals surface area contributed by atoms with Crippen LogP contribution in [0.4, 0.5) is 5.95 Å². The Labute approximate surface area is 143 Å². The van der Waals surface area contributed by atoms with Gasteiger partial charge >= 0.3 is 0 Å². The van der Waals surface area contributed by atoms with E-state index in [1.54, 1.807) is 17.5 Å². The number of carbonyl (C=O) groups excluding carboxylic acids is 1. The number of nitrogens with zero attached hydrogens (tertiary/aromatic N) is 2. The van der Waals surface area contributed by atoms with Gasteiger partial charge in [-0.05, 0) is 17.5 Å². The molecule has 0 unspecified atom stereocenters. The molecule has 126 valence electrons. The molecule has 0 aliphatic carbocycles. The van der Waals surface area contributed by atoms with Crippen molar-refractivity contribution in [3.8, 4) is 10.6 Å². The number of hydrogen-bond donors (Lipinski definition) is 2. The molecule has 2 aliphatic rings. The zero-order valence-electron chi connectivity index (χ0n) is 13.1. The summed E-state index contributed by atoms with van der Waals surface area (Å²) in [6, 6.07) is 5.79. The van der Waals surface area contributed by atoms with E-state index in [4.69, 9.17) is 9.47 Å². The lowest BCUT2D eigenvalue weighted by Gasteiger charge is -2.18. The van der Waals surface area contributed by atoms with Crippen LogP contribution in [0.25, 0.3) is 10.6 Å². The number of carbonyl (C=O) groups is 1. The summed E-state index contributed by atoms with van der Waals surface area (Å²) in [7, 11) is 0. The van der Waals surface area contributed by atoms with Crippen molar-refractivity contribution in [1.29, 1.82) is 0 Å². The second kappa shape index (κ2) is 6.46. The summed E-state index contributed by atoms with van der Waals surface area (Å²) in [6.07, 6.45) is 1.50. The fourth-order valence-corrected chi connectivity index (χ4v) is 3.86. The molecule has 2 aromatic rings. The van der Waals surface area contributed by atoms with Gasteiger partial charge in [0.25, 0.3) is 0 Å². The minimum atomic E-state index is -0.133. The van der Waals surface area contributed by atoms with Crippen LogP contribution in [-0.2, 0) is 14.3 Å². The highest BCUT2D eigenvalue weighted by Crippen LogP contribution is 2.29. The van der Waals surface area contributed by atoms with Gasteiger partial charge in [-0.15, -0.1) is 11.3 Å². The third-order valence-electron chi connectivity index (χ3n) is 4.19. The minimum Gasteiger partial charge on any atom is -0.371 e. The molecule has 2 N–H and O–H groups in total. The molecule has 1 amide bonds. The summed E-state index contributed by atoms with van der Waals surface area (Å²) < 4.78 is 11.6. The molecule has 4 heterocycles. The summed E-state index contributed by atoms with van der Waals surface area (Å²) >= 11 is 1.64. The molecular weight excluding hydrogens is 328 g/mol. The number of nitrogens with one attached hydrogen (secondary N) is 2. The lowest BCUT2D eigenvalue weighted by molar-refractivity contribution is -0.120. The van der Waals surface area contributed by atoms with Crippen molar-refractivity contribution in [3.63, 3.8) is 0 Å². The number of hydrogen-bond acceptors (Lipinski definition) is 7. The van der Waals surface area contributed by atoms with Crippen LogP contribution in [0, 0.1) is 0 Å². The fraction of sp³-hybridized carbons (Fsp3) is 0.438. The molecule has 2 fully saturated rings. The fourth-order valence-electron chi connectivity index (χ4n) is 3.16. The largest absolute Gasteiger partial charge is 0.371 e. The highest BCUT2D eigenvalue weighted by molar-refractivity contribution is 7.13. The van der Waals surface area contributed by atoms with Crippen LogP contribution in [0.1, 0.15) is 6.92 Å². The van der Waals surface area contributed by atoms with Gasteiger partial charge in [-0.1, -0.05) is 6.07 Å². The Kier molecular flexibility index (Phi) is 4.17. The van der Waals surface area contributed by atoms with Gasteiger partial charge in [0, 0.05) is 13.1 Å². The van der Waals surface area contributed by atoms with E-state index < -0.39 is 0 Å². The van der Waals surface area contributed by atoms with E-state index in [-0.39, 0.29) is 30.2 Å². The monoisotopic (exact) mass is 346 g/mol. The molecule has 0 spiro atoms. The first-order valence-electron chi connectivity index (χ1n) is 7.84. The van der Waals surface area contributed by atoms with Gasteiger partial charge in [-0.2, -0.15) is 0 Å². The first kappa shape index (κ1) is 15.5. The van der Waals surface area contributed by atoms with Crippen LogP contribution in [0.15, 0.2) is 29.8 Å². The number of aromatic nitrogens is 2. The number of anilines is 1. The number of fused-ring (bicyclic) bond motifs is 1. The van der Waals surface area contributed by atoms with Crippen LogP contribution in [-0.4, -0.2) is 53.4 Å². The maximum absolute atomic E-state index is 11.3. The summed E-state index contributed by atoms with van der Waals surface area (Å²) in [5.41, 5.74) is 0.890. The first-order valence-corrected chi connectivity index (χ1v) is 8.72. The molecule has 2 aliphatic heterocycles. The van der Waals surface area contributed by atoms with Crippen molar-refractivity contribution in [2.45, 2.75) is 31.2 Å². The Morgan fingerprint density at radius 2 is 2.04 bits per heavy atom. The van der Waals surface area contributed by atoms with Gasteiger partial charge in [0.15, 0.2) is 0 Å². The number of amides is 1. The third kappa shape index (κ3) is 3.00. The van der Waals surface area contributed by atoms with Gasteiger partial charge in [0.05, 0.1) is 35.9 Å². The van der Waals surface area contributed by atoms with Crippen molar-refractivity contribution in [1.82, 2.24) is 15.3 Å². The quantitative estimate of drug-likeness (QED) is 0.868. The topological polar surface area (TPSA) is 85.4 Å². The van der Waals surface area contributed by atoms with Gasteiger partial charge in [-0.3, -0.25) is 4.79 Å². The Hall–Kier alpha value is -2.03. The molecular formula is C16H18N4O3S. The van der Waals surface area contributed by atoms with E-state index in [2.05, 4.69) is 20.6 Å². The van der Waals surface area contributed by atoms with E-state index in [9.17, 15) is 4.79 Å². The van der Waals surface area contributed by atoms with Crippen molar-refractivity contribution in [2.75, 3.05) is 18.5 Å². The molecule has 0 radical (unpaired) electrons. The van der Waals surface area contributed by atoms with Gasteiger partial charge in [0.2, 0.25) is 11.9 Å². The summed E-state index contributed by atoms with van der Waals surface area (Å²) in [5, 5.41) is 8.21. The lowest BCUT2D eigenvalue weighted by Crippen LogP contribution is -2.44. The third-order valence-corrected chi connectivity index (χ3v) is 5.08. The van der Waals surface area contributed by atoms with E-state index in [1.807, 2.05) is 23.6 Å². The number of thiophene rings is 1. The standard InChI is InChI=1S/C16H18N4O3S/c1-9(21)18-11-7-22-15-12(8-23-14(11)15)20-16-17-5-4-10(19-16)13-3-2-6-24-13/h2-6,11-12,14-15H,7-8H2,1H3,(H,18,21)(H,17,19,20)/t11-,12+,14-,15+/m1/s1. The van der Waals surface area contributed by atoms with E-state index >= 15 is 0 Å². The molecule has 0 saturated carbocycles. The maximum atomic E-state index is 11.3. The van der Waals surface area contributed by atoms with Crippen LogP contribution in [0.3, 0.4) is 0 Å².